The van der Waals surface area contributed by atoms with Crippen molar-refractivity contribution in [3.05, 3.63) is 11.3 Å². The van der Waals surface area contributed by atoms with Crippen LogP contribution in [0.25, 0.3) is 0 Å². The van der Waals surface area contributed by atoms with Gasteiger partial charge in [-0.1, -0.05) is 6.92 Å². The lowest BCUT2D eigenvalue weighted by Crippen LogP contribution is -2.36. The molecule has 3 rings (SSSR count). The number of hydrogen-bond acceptors (Lipinski definition) is 5. The van der Waals surface area contributed by atoms with Crippen LogP contribution in [0.5, 0.6) is 0 Å². The zero-order valence-electron chi connectivity index (χ0n) is 12.3. The first-order valence-corrected chi connectivity index (χ1v) is 7.56. The molecule has 0 amide bonds. The van der Waals surface area contributed by atoms with Gasteiger partial charge in [-0.2, -0.15) is 4.98 Å². The van der Waals surface area contributed by atoms with Gasteiger partial charge in [0.1, 0.15) is 5.82 Å². The number of ketones is 1. The predicted octanol–water partition coefficient (Wildman–Crippen LogP) is 2.27. The third kappa shape index (κ3) is 2.37. The second-order valence-electron chi connectivity index (χ2n) is 5.91. The van der Waals surface area contributed by atoms with Crippen molar-refractivity contribution in [1.29, 1.82) is 0 Å². The quantitative estimate of drug-likeness (QED) is 0.896. The Morgan fingerprint density at radius 2 is 2.10 bits per heavy atom. The third-order valence-electron chi connectivity index (χ3n) is 4.25. The van der Waals surface area contributed by atoms with Crippen LogP contribution < -0.4 is 10.2 Å². The third-order valence-corrected chi connectivity index (χ3v) is 4.25. The van der Waals surface area contributed by atoms with E-state index in [1.54, 1.807) is 0 Å². The standard InChI is InChI=1S/C15H22N4O/c1-10-5-4-8-19(9-10)15-17-11-6-3-7-12(20)13(11)14(16-2)18-15/h10H,3-9H2,1-2H3,(H,16,17,18)/t10-/m0/s1. The van der Waals surface area contributed by atoms with Crippen molar-refractivity contribution in [3.63, 3.8) is 0 Å². The molecule has 1 aromatic rings. The first-order valence-electron chi connectivity index (χ1n) is 7.56. The van der Waals surface area contributed by atoms with Crippen LogP contribution in [0.4, 0.5) is 11.8 Å². The number of aromatic nitrogens is 2. The molecule has 2 aliphatic rings. The molecule has 20 heavy (non-hydrogen) atoms. The fraction of sp³-hybridized carbons (Fsp3) is 0.667. The maximum Gasteiger partial charge on any atom is 0.227 e. The first-order chi connectivity index (χ1) is 9.69. The Labute approximate surface area is 119 Å². The topological polar surface area (TPSA) is 58.1 Å². The summed E-state index contributed by atoms with van der Waals surface area (Å²) in [5.41, 5.74) is 1.64. The number of piperidine rings is 1. The summed E-state index contributed by atoms with van der Waals surface area (Å²) in [7, 11) is 1.83. The van der Waals surface area contributed by atoms with Crippen molar-refractivity contribution in [1.82, 2.24) is 9.97 Å². The number of carbonyl (C=O) groups excluding carboxylic acids is 1. The molecule has 0 radical (unpaired) electrons. The summed E-state index contributed by atoms with van der Waals surface area (Å²) in [4.78, 5) is 23.6. The molecule has 1 aromatic heterocycles. The number of anilines is 2. The van der Waals surface area contributed by atoms with E-state index >= 15 is 0 Å². The smallest absolute Gasteiger partial charge is 0.227 e. The molecule has 5 heteroatoms. The fourth-order valence-corrected chi connectivity index (χ4v) is 3.20. The van der Waals surface area contributed by atoms with Crippen LogP contribution in [0.3, 0.4) is 0 Å². The summed E-state index contributed by atoms with van der Waals surface area (Å²) in [6.45, 7) is 4.29. The van der Waals surface area contributed by atoms with E-state index in [-0.39, 0.29) is 5.78 Å². The van der Waals surface area contributed by atoms with E-state index in [1.807, 2.05) is 7.05 Å². The van der Waals surface area contributed by atoms with Gasteiger partial charge in [-0.25, -0.2) is 4.98 Å². The molecule has 0 saturated carbocycles. The van der Waals surface area contributed by atoms with Crippen LogP contribution in [-0.4, -0.2) is 35.9 Å². The van der Waals surface area contributed by atoms with Gasteiger partial charge in [0.2, 0.25) is 5.95 Å². The lowest BCUT2D eigenvalue weighted by molar-refractivity contribution is 0.0972. The highest BCUT2D eigenvalue weighted by atomic mass is 16.1. The monoisotopic (exact) mass is 274 g/mol. The molecule has 0 aromatic carbocycles. The molecule has 1 atom stereocenters. The summed E-state index contributed by atoms with van der Waals surface area (Å²) >= 11 is 0. The minimum atomic E-state index is 0.175. The van der Waals surface area contributed by atoms with Gasteiger partial charge in [-0.05, 0) is 31.6 Å². The molecule has 1 N–H and O–H groups in total. The van der Waals surface area contributed by atoms with E-state index in [9.17, 15) is 4.79 Å². The zero-order chi connectivity index (χ0) is 14.1. The first kappa shape index (κ1) is 13.3. The molecular formula is C15H22N4O. The van der Waals surface area contributed by atoms with Gasteiger partial charge in [0, 0.05) is 26.6 Å². The molecule has 5 nitrogen and oxygen atoms in total. The summed E-state index contributed by atoms with van der Waals surface area (Å²) in [6, 6.07) is 0. The van der Waals surface area contributed by atoms with Crippen molar-refractivity contribution in [3.8, 4) is 0 Å². The van der Waals surface area contributed by atoms with Crippen molar-refractivity contribution in [2.75, 3.05) is 30.4 Å². The summed E-state index contributed by atoms with van der Waals surface area (Å²) in [6.07, 6.45) is 4.87. The van der Waals surface area contributed by atoms with Crippen LogP contribution in [0.1, 0.15) is 48.7 Å². The largest absolute Gasteiger partial charge is 0.372 e. The number of carbonyl (C=O) groups is 1. The summed E-state index contributed by atoms with van der Waals surface area (Å²) in [5.74, 6) is 2.35. The molecule has 1 fully saturated rings. The van der Waals surface area contributed by atoms with E-state index in [0.29, 0.717) is 23.7 Å². The van der Waals surface area contributed by atoms with Crippen molar-refractivity contribution < 1.29 is 4.79 Å². The lowest BCUT2D eigenvalue weighted by Gasteiger charge is -2.32. The molecule has 1 aliphatic carbocycles. The van der Waals surface area contributed by atoms with Crippen LogP contribution >= 0.6 is 0 Å². The molecule has 0 unspecified atom stereocenters. The van der Waals surface area contributed by atoms with Gasteiger partial charge in [-0.3, -0.25) is 4.79 Å². The second kappa shape index (κ2) is 5.38. The highest BCUT2D eigenvalue weighted by molar-refractivity contribution is 6.02. The normalized spacial score (nSPS) is 22.6. The Morgan fingerprint density at radius 1 is 1.25 bits per heavy atom. The van der Waals surface area contributed by atoms with Gasteiger partial charge < -0.3 is 10.2 Å². The van der Waals surface area contributed by atoms with Crippen LogP contribution in [0.2, 0.25) is 0 Å². The van der Waals surface area contributed by atoms with E-state index < -0.39 is 0 Å². The molecule has 108 valence electrons. The van der Waals surface area contributed by atoms with E-state index in [1.165, 1.54) is 12.8 Å². The number of fused-ring (bicyclic) bond motifs is 1. The van der Waals surface area contributed by atoms with Crippen molar-refractivity contribution in [2.45, 2.75) is 39.0 Å². The minimum Gasteiger partial charge on any atom is -0.372 e. The Morgan fingerprint density at radius 3 is 2.85 bits per heavy atom. The molecule has 0 spiro atoms. The number of nitrogens with one attached hydrogen (secondary N) is 1. The van der Waals surface area contributed by atoms with Gasteiger partial charge in [0.15, 0.2) is 5.78 Å². The second-order valence-corrected chi connectivity index (χ2v) is 5.91. The van der Waals surface area contributed by atoms with Gasteiger partial charge in [0.25, 0.3) is 0 Å². The molecule has 1 saturated heterocycles. The molecule has 0 bridgehead atoms. The highest BCUT2D eigenvalue weighted by Gasteiger charge is 2.26. The van der Waals surface area contributed by atoms with Gasteiger partial charge in [-0.15, -0.1) is 0 Å². The number of rotatable bonds is 2. The Kier molecular flexibility index (Phi) is 3.59. The van der Waals surface area contributed by atoms with Crippen LogP contribution in [-0.2, 0) is 6.42 Å². The maximum atomic E-state index is 12.1. The Hall–Kier alpha value is -1.65. The predicted molar refractivity (Wildman–Crippen MR) is 79.5 cm³/mol. The highest BCUT2D eigenvalue weighted by Crippen LogP contribution is 2.29. The fourth-order valence-electron chi connectivity index (χ4n) is 3.20. The zero-order valence-corrected chi connectivity index (χ0v) is 12.3. The van der Waals surface area contributed by atoms with Crippen molar-refractivity contribution >= 4 is 17.5 Å². The summed E-state index contributed by atoms with van der Waals surface area (Å²) < 4.78 is 0. The van der Waals surface area contributed by atoms with E-state index in [2.05, 4.69) is 27.1 Å². The lowest BCUT2D eigenvalue weighted by atomic mass is 9.95. The minimum absolute atomic E-state index is 0.175. The van der Waals surface area contributed by atoms with Gasteiger partial charge in [0.05, 0.1) is 11.3 Å². The van der Waals surface area contributed by atoms with E-state index in [0.717, 1.165) is 37.6 Å². The van der Waals surface area contributed by atoms with Gasteiger partial charge >= 0.3 is 0 Å². The molecule has 1 aliphatic heterocycles. The maximum absolute atomic E-state index is 12.1. The molecular weight excluding hydrogens is 252 g/mol. The number of Topliss-reactive ketones (excluding diaryl/α,β-unsaturated/α-hetero) is 1. The van der Waals surface area contributed by atoms with E-state index in [4.69, 9.17) is 0 Å². The van der Waals surface area contributed by atoms with Crippen molar-refractivity contribution in [2.24, 2.45) is 5.92 Å². The SMILES string of the molecule is CNc1nc(N2CCC[C@H](C)C2)nc2c1C(=O)CCC2. The number of nitrogens with zero attached hydrogens (tertiary/aromatic N) is 3. The van der Waals surface area contributed by atoms with Crippen LogP contribution in [0, 0.1) is 5.92 Å². The average Bonchev–Trinajstić information content (AvgIpc) is 2.46. The Balaban J connectivity index is 1.98. The Bertz CT molecular complexity index is 512. The average molecular weight is 274 g/mol. The number of hydrogen-bond donors (Lipinski definition) is 1. The molecule has 2 heterocycles. The number of aryl methyl sites for hydroxylation is 1. The van der Waals surface area contributed by atoms with Crippen LogP contribution in [0.15, 0.2) is 0 Å². The summed E-state index contributed by atoms with van der Waals surface area (Å²) in [5, 5.41) is 3.08.